The smallest absolute Gasteiger partial charge is 0.141 e. The minimum atomic E-state index is -0.311. The third-order valence-corrected chi connectivity index (χ3v) is 3.29. The average molecular weight is 309 g/mol. The summed E-state index contributed by atoms with van der Waals surface area (Å²) >= 11 is 3.53. The van der Waals surface area contributed by atoms with Crippen LogP contribution in [-0.4, -0.2) is 4.98 Å². The van der Waals surface area contributed by atoms with Crippen molar-refractivity contribution < 1.29 is 4.39 Å². The Balaban J connectivity index is 2.16. The van der Waals surface area contributed by atoms with Gasteiger partial charge in [0.15, 0.2) is 0 Å². The summed E-state index contributed by atoms with van der Waals surface area (Å²) in [6.45, 7) is 4.65. The molecule has 0 radical (unpaired) electrons. The van der Waals surface area contributed by atoms with Crippen molar-refractivity contribution in [1.82, 2.24) is 4.98 Å². The first-order chi connectivity index (χ1) is 8.56. The van der Waals surface area contributed by atoms with Gasteiger partial charge in [-0.2, -0.15) is 0 Å². The van der Waals surface area contributed by atoms with Gasteiger partial charge in [-0.25, -0.2) is 4.39 Å². The summed E-state index contributed by atoms with van der Waals surface area (Å²) < 4.78 is 14.0. The van der Waals surface area contributed by atoms with Gasteiger partial charge in [0.25, 0.3) is 0 Å². The number of hydrogen-bond acceptors (Lipinski definition) is 2. The molecule has 2 aromatic rings. The fourth-order valence-corrected chi connectivity index (χ4v) is 2.70. The van der Waals surface area contributed by atoms with E-state index in [1.54, 1.807) is 6.20 Å². The number of nitrogens with zero attached hydrogens (tertiary/aromatic N) is 1. The van der Waals surface area contributed by atoms with Crippen LogP contribution in [-0.2, 0) is 6.54 Å². The molecule has 0 saturated heterocycles. The molecule has 94 valence electrons. The highest BCUT2D eigenvalue weighted by molar-refractivity contribution is 9.10. The second-order valence-electron chi connectivity index (χ2n) is 4.30. The molecule has 1 N–H and O–H groups in total. The van der Waals surface area contributed by atoms with Gasteiger partial charge in [-0.15, -0.1) is 0 Å². The van der Waals surface area contributed by atoms with E-state index >= 15 is 0 Å². The first-order valence-corrected chi connectivity index (χ1v) is 6.45. The van der Waals surface area contributed by atoms with E-state index in [4.69, 9.17) is 0 Å². The Bertz CT molecular complexity index is 546. The van der Waals surface area contributed by atoms with Crippen LogP contribution in [0.4, 0.5) is 10.1 Å². The van der Waals surface area contributed by atoms with Crippen molar-refractivity contribution in [2.24, 2.45) is 0 Å². The third kappa shape index (κ3) is 3.07. The molecule has 0 saturated carbocycles. The van der Waals surface area contributed by atoms with Crippen LogP contribution in [0.2, 0.25) is 0 Å². The summed E-state index contributed by atoms with van der Waals surface area (Å²) in [6.07, 6.45) is 2.87. The van der Waals surface area contributed by atoms with Gasteiger partial charge >= 0.3 is 0 Å². The van der Waals surface area contributed by atoms with Crippen molar-refractivity contribution in [3.63, 3.8) is 0 Å². The number of halogens is 2. The summed E-state index contributed by atoms with van der Waals surface area (Å²) in [6, 6.07) is 5.65. The lowest BCUT2D eigenvalue weighted by Gasteiger charge is -2.12. The zero-order valence-corrected chi connectivity index (χ0v) is 11.9. The molecular weight excluding hydrogens is 295 g/mol. The topological polar surface area (TPSA) is 24.9 Å². The van der Waals surface area contributed by atoms with Crippen LogP contribution in [0.3, 0.4) is 0 Å². The highest BCUT2D eigenvalue weighted by Crippen LogP contribution is 2.28. The number of pyridine rings is 1. The zero-order chi connectivity index (χ0) is 13.1. The number of nitrogens with one attached hydrogen (secondary N) is 1. The van der Waals surface area contributed by atoms with Crippen LogP contribution in [0.1, 0.15) is 16.7 Å². The van der Waals surface area contributed by atoms with Crippen molar-refractivity contribution in [3.05, 3.63) is 57.6 Å². The largest absolute Gasteiger partial charge is 0.380 e. The maximum absolute atomic E-state index is 13.0. The minimum absolute atomic E-state index is 0.311. The lowest BCUT2D eigenvalue weighted by atomic mass is 10.1. The van der Waals surface area contributed by atoms with E-state index < -0.39 is 0 Å². The molecule has 0 aliphatic carbocycles. The van der Waals surface area contributed by atoms with Crippen LogP contribution in [0, 0.1) is 19.7 Å². The lowest BCUT2D eigenvalue weighted by Crippen LogP contribution is -2.03. The molecular formula is C14H14BrFN2. The van der Waals surface area contributed by atoms with Crippen molar-refractivity contribution in [3.8, 4) is 0 Å². The van der Waals surface area contributed by atoms with Crippen LogP contribution >= 0.6 is 15.9 Å². The summed E-state index contributed by atoms with van der Waals surface area (Å²) in [5, 5.41) is 3.30. The molecule has 0 amide bonds. The maximum Gasteiger partial charge on any atom is 0.141 e. The number of benzene rings is 1. The van der Waals surface area contributed by atoms with Crippen LogP contribution in [0.25, 0.3) is 0 Å². The van der Waals surface area contributed by atoms with Gasteiger partial charge in [-0.1, -0.05) is 6.07 Å². The number of anilines is 1. The Kier molecular flexibility index (Phi) is 3.97. The second kappa shape index (κ2) is 5.48. The predicted octanol–water partition coefficient (Wildman–Crippen LogP) is 4.21. The average Bonchev–Trinajstić information content (AvgIpc) is 2.27. The molecule has 0 fully saturated rings. The second-order valence-corrected chi connectivity index (χ2v) is 5.16. The summed E-state index contributed by atoms with van der Waals surface area (Å²) in [5.74, 6) is -0.311. The standard InChI is InChI=1S/C14H14BrFN2/c1-9-3-10(2)14(13(15)4-9)18-7-11-5-12(16)8-17-6-11/h3-6,8,18H,7H2,1-2H3. The number of hydrogen-bond donors (Lipinski definition) is 1. The quantitative estimate of drug-likeness (QED) is 0.918. The van der Waals surface area contributed by atoms with E-state index in [2.05, 4.69) is 45.3 Å². The lowest BCUT2D eigenvalue weighted by molar-refractivity contribution is 0.619. The molecule has 4 heteroatoms. The molecule has 0 unspecified atom stereocenters. The number of rotatable bonds is 3. The van der Waals surface area contributed by atoms with Gasteiger partial charge < -0.3 is 5.32 Å². The molecule has 18 heavy (non-hydrogen) atoms. The van der Waals surface area contributed by atoms with Crippen molar-refractivity contribution >= 4 is 21.6 Å². The summed E-state index contributed by atoms with van der Waals surface area (Å²) in [7, 11) is 0. The fourth-order valence-electron chi connectivity index (χ4n) is 1.88. The van der Waals surface area contributed by atoms with E-state index in [0.717, 1.165) is 21.3 Å². The fraction of sp³-hybridized carbons (Fsp3) is 0.214. The molecule has 1 heterocycles. The van der Waals surface area contributed by atoms with Crippen LogP contribution in [0.15, 0.2) is 35.1 Å². The SMILES string of the molecule is Cc1cc(C)c(NCc2cncc(F)c2)c(Br)c1. The highest BCUT2D eigenvalue weighted by Gasteiger charge is 2.05. The molecule has 1 aromatic heterocycles. The first-order valence-electron chi connectivity index (χ1n) is 5.66. The van der Waals surface area contributed by atoms with Gasteiger partial charge in [0.1, 0.15) is 5.82 Å². The van der Waals surface area contributed by atoms with E-state index in [-0.39, 0.29) is 5.82 Å². The maximum atomic E-state index is 13.0. The van der Waals surface area contributed by atoms with Gasteiger partial charge in [0.05, 0.1) is 11.9 Å². The summed E-state index contributed by atoms with van der Waals surface area (Å²) in [4.78, 5) is 3.83. The molecule has 0 spiro atoms. The van der Waals surface area contributed by atoms with E-state index in [1.165, 1.54) is 17.8 Å². The molecule has 2 rings (SSSR count). The predicted molar refractivity (Wildman–Crippen MR) is 75.1 cm³/mol. The Morgan fingerprint density at radius 2 is 2.00 bits per heavy atom. The van der Waals surface area contributed by atoms with Crippen molar-refractivity contribution in [2.45, 2.75) is 20.4 Å². The van der Waals surface area contributed by atoms with Gasteiger partial charge in [-0.3, -0.25) is 4.98 Å². The molecule has 0 bridgehead atoms. The Morgan fingerprint density at radius 3 is 2.67 bits per heavy atom. The summed E-state index contributed by atoms with van der Waals surface area (Å²) in [5.41, 5.74) is 4.22. The van der Waals surface area contributed by atoms with Crippen LogP contribution < -0.4 is 5.32 Å². The van der Waals surface area contributed by atoms with Crippen LogP contribution in [0.5, 0.6) is 0 Å². The van der Waals surface area contributed by atoms with E-state index in [0.29, 0.717) is 6.54 Å². The zero-order valence-electron chi connectivity index (χ0n) is 10.3. The monoisotopic (exact) mass is 308 g/mol. The molecule has 0 aliphatic rings. The Labute approximate surface area is 114 Å². The molecule has 2 nitrogen and oxygen atoms in total. The minimum Gasteiger partial charge on any atom is -0.380 e. The van der Waals surface area contributed by atoms with Crippen molar-refractivity contribution in [2.75, 3.05) is 5.32 Å². The molecule has 0 aliphatic heterocycles. The first kappa shape index (κ1) is 13.0. The van der Waals surface area contributed by atoms with E-state index in [1.807, 2.05) is 6.92 Å². The van der Waals surface area contributed by atoms with Crippen molar-refractivity contribution in [1.29, 1.82) is 0 Å². The third-order valence-electron chi connectivity index (χ3n) is 2.66. The van der Waals surface area contributed by atoms with Gasteiger partial charge in [-0.05, 0) is 58.6 Å². The normalized spacial score (nSPS) is 10.4. The molecule has 0 atom stereocenters. The molecule has 1 aromatic carbocycles. The van der Waals surface area contributed by atoms with Gasteiger partial charge in [0, 0.05) is 17.2 Å². The Hall–Kier alpha value is -1.42. The van der Waals surface area contributed by atoms with E-state index in [9.17, 15) is 4.39 Å². The highest BCUT2D eigenvalue weighted by atomic mass is 79.9. The Morgan fingerprint density at radius 1 is 1.22 bits per heavy atom. The number of aromatic nitrogens is 1. The number of aryl methyl sites for hydroxylation is 2. The van der Waals surface area contributed by atoms with Gasteiger partial charge in [0.2, 0.25) is 0 Å².